The van der Waals surface area contributed by atoms with Gasteiger partial charge in [-0.15, -0.1) is 0 Å². The van der Waals surface area contributed by atoms with Crippen molar-refractivity contribution in [2.45, 2.75) is 530 Å². The zero-order valence-corrected chi connectivity index (χ0v) is 67.6. The predicted molar refractivity (Wildman–Crippen MR) is 429 cm³/mol. The smallest absolute Gasteiger partial charge is 0.220 e. The van der Waals surface area contributed by atoms with Crippen LogP contribution in [0, 0.1) is 0 Å². The van der Waals surface area contributed by atoms with Gasteiger partial charge in [0.1, 0.15) is 48.8 Å². The van der Waals surface area contributed by atoms with Crippen molar-refractivity contribution in [3.8, 4) is 0 Å². The second kappa shape index (κ2) is 73.5. The van der Waals surface area contributed by atoms with E-state index >= 15 is 0 Å². The lowest BCUT2D eigenvalue weighted by Crippen LogP contribution is -2.65. The minimum atomic E-state index is -1.79. The maximum Gasteiger partial charge on any atom is 0.220 e. The highest BCUT2D eigenvalue weighted by Gasteiger charge is 2.51. The van der Waals surface area contributed by atoms with Gasteiger partial charge in [-0.05, 0) is 19.3 Å². The molecule has 0 saturated carbocycles. The number of carbonyl (C=O) groups excluding carboxylic acids is 1. The van der Waals surface area contributed by atoms with Crippen LogP contribution in [0.3, 0.4) is 0 Å². The molecule has 2 fully saturated rings. The monoisotopic (exact) mass is 1460 g/mol. The SMILES string of the molecule is CCCCCCCCCCCCCCCCCCCCCCCCCCCC/C=C/C(O)C(COC1OC(CO)C(OC2OC(CO)C(O)C(O)C2O)C(O)C1O)NC(=O)CCCCCCCCCCCCCCCCCCCCCCCCCCCCCCCCCCCCCCCCCCC. The molecule has 9 N–H and O–H groups in total. The van der Waals surface area contributed by atoms with Crippen molar-refractivity contribution in [1.29, 1.82) is 0 Å². The molecule has 12 atom stereocenters. The fraction of sp³-hybridized carbons (Fsp3) is 0.966. The Labute approximate surface area is 635 Å². The third-order valence-corrected chi connectivity index (χ3v) is 22.7. The first-order valence-electron chi connectivity index (χ1n) is 45.4. The van der Waals surface area contributed by atoms with Crippen molar-refractivity contribution in [1.82, 2.24) is 5.32 Å². The molecule has 2 aliphatic heterocycles. The Kier molecular flexibility index (Phi) is 69.8. The molecule has 0 spiro atoms. The Morgan fingerprint density at radius 1 is 0.340 bits per heavy atom. The van der Waals surface area contributed by atoms with Gasteiger partial charge in [0.15, 0.2) is 12.6 Å². The summed E-state index contributed by atoms with van der Waals surface area (Å²) in [6, 6.07) is -0.913. The molecule has 0 bridgehead atoms. The maximum atomic E-state index is 13.4. The Morgan fingerprint density at radius 2 is 0.602 bits per heavy atom. The number of carbonyl (C=O) groups is 1. The number of unbranched alkanes of at least 4 members (excludes halogenated alkanes) is 66. The van der Waals surface area contributed by atoms with Crippen LogP contribution in [0.15, 0.2) is 12.2 Å². The standard InChI is InChI=1S/C89H173NO13/c1-3-5-7-9-11-13-15-17-19-21-23-25-27-29-31-33-34-35-36-37-38-39-40-41-42-43-44-45-47-49-51-53-55-57-59-61-63-65-67-69-71-73-81(94)90-77(76-100-88-86(99)84(97)87(80(75-92)102-88)103-89-85(98)83(96)82(95)79(74-91)101-89)78(93)72-70-68-66-64-62-60-58-56-54-52-50-48-46-32-30-28-26-24-22-20-18-16-14-12-10-8-6-4-2/h70,72,77-80,82-89,91-93,95-99H,3-69,71,73-76H2,1-2H3,(H,90,94)/b72-70+. The Balaban J connectivity index is 1.54. The molecule has 0 aromatic carbocycles. The first kappa shape index (κ1) is 97.8. The van der Waals surface area contributed by atoms with Gasteiger partial charge in [0.25, 0.3) is 0 Å². The zero-order valence-electron chi connectivity index (χ0n) is 67.6. The molecule has 2 aliphatic rings. The van der Waals surface area contributed by atoms with E-state index in [0.717, 1.165) is 44.9 Å². The zero-order chi connectivity index (χ0) is 74.4. The minimum absolute atomic E-state index is 0.227. The summed E-state index contributed by atoms with van der Waals surface area (Å²) in [6.07, 6.45) is 79.2. The van der Waals surface area contributed by atoms with Crippen molar-refractivity contribution in [3.05, 3.63) is 12.2 Å². The number of amides is 1. The van der Waals surface area contributed by atoms with Crippen molar-refractivity contribution in [3.63, 3.8) is 0 Å². The number of aliphatic hydroxyl groups excluding tert-OH is 8. The normalized spacial score (nSPS) is 21.5. The van der Waals surface area contributed by atoms with Crippen LogP contribution in [0.4, 0.5) is 0 Å². The van der Waals surface area contributed by atoms with Crippen molar-refractivity contribution < 1.29 is 64.6 Å². The molecule has 0 aliphatic carbocycles. The molecule has 14 heteroatoms. The van der Waals surface area contributed by atoms with Gasteiger partial charge >= 0.3 is 0 Å². The molecular formula is C89H173NO13. The van der Waals surface area contributed by atoms with Gasteiger partial charge in [0.2, 0.25) is 5.91 Å². The molecular weight excluding hydrogens is 1290 g/mol. The molecule has 0 aromatic heterocycles. The number of ether oxygens (including phenoxy) is 4. The highest BCUT2D eigenvalue weighted by Crippen LogP contribution is 2.31. The van der Waals surface area contributed by atoms with Gasteiger partial charge in [-0.3, -0.25) is 4.79 Å². The van der Waals surface area contributed by atoms with Crippen LogP contribution >= 0.6 is 0 Å². The van der Waals surface area contributed by atoms with E-state index in [4.69, 9.17) is 18.9 Å². The molecule has 0 radical (unpaired) electrons. The third-order valence-electron chi connectivity index (χ3n) is 22.7. The average molecular weight is 1470 g/mol. The summed E-state index contributed by atoms with van der Waals surface area (Å²) in [6.45, 7) is 2.89. The average Bonchev–Trinajstić information content (AvgIpc) is 0.791. The molecule has 2 saturated heterocycles. The van der Waals surface area contributed by atoms with Gasteiger partial charge in [-0.25, -0.2) is 0 Å². The van der Waals surface area contributed by atoms with Crippen molar-refractivity contribution in [2.75, 3.05) is 19.8 Å². The largest absolute Gasteiger partial charge is 0.394 e. The van der Waals surface area contributed by atoms with Gasteiger partial charge in [0.05, 0.1) is 32.0 Å². The van der Waals surface area contributed by atoms with E-state index in [9.17, 15) is 45.6 Å². The lowest BCUT2D eigenvalue weighted by atomic mass is 9.97. The van der Waals surface area contributed by atoms with Gasteiger partial charge in [-0.2, -0.15) is 0 Å². The molecule has 2 heterocycles. The van der Waals surface area contributed by atoms with Crippen LogP contribution < -0.4 is 5.32 Å². The van der Waals surface area contributed by atoms with Crippen LogP contribution in [0.5, 0.6) is 0 Å². The summed E-state index contributed by atoms with van der Waals surface area (Å²) >= 11 is 0. The Bertz CT molecular complexity index is 1780. The Hall–Kier alpha value is -1.27. The summed E-state index contributed by atoms with van der Waals surface area (Å²) in [5.41, 5.74) is 0. The highest BCUT2D eigenvalue weighted by molar-refractivity contribution is 5.76. The molecule has 0 aromatic rings. The van der Waals surface area contributed by atoms with Crippen molar-refractivity contribution >= 4 is 5.91 Å². The summed E-state index contributed by atoms with van der Waals surface area (Å²) in [5.74, 6) is -0.227. The number of rotatable bonds is 79. The van der Waals surface area contributed by atoms with E-state index < -0.39 is 86.8 Å². The van der Waals surface area contributed by atoms with E-state index in [-0.39, 0.29) is 18.9 Å². The molecule has 2 rings (SSSR count). The number of hydrogen-bond acceptors (Lipinski definition) is 13. The van der Waals surface area contributed by atoms with E-state index in [2.05, 4.69) is 19.2 Å². The fourth-order valence-electron chi connectivity index (χ4n) is 15.6. The number of aliphatic hydroxyl groups is 8. The van der Waals surface area contributed by atoms with Crippen molar-refractivity contribution in [2.24, 2.45) is 0 Å². The molecule has 1 amide bonds. The van der Waals surface area contributed by atoms with Gasteiger partial charge in [0, 0.05) is 6.42 Å². The number of nitrogens with one attached hydrogen (secondary N) is 1. The third kappa shape index (κ3) is 55.7. The van der Waals surface area contributed by atoms with E-state index in [1.54, 1.807) is 6.08 Å². The first-order valence-corrected chi connectivity index (χ1v) is 45.4. The van der Waals surface area contributed by atoms with E-state index in [0.29, 0.717) is 0 Å². The predicted octanol–water partition coefficient (Wildman–Crippen LogP) is 22.0. The van der Waals surface area contributed by atoms with Gasteiger partial charge < -0.3 is 65.1 Å². The van der Waals surface area contributed by atoms with Crippen LogP contribution in [-0.2, 0) is 23.7 Å². The molecule has 14 nitrogen and oxygen atoms in total. The minimum Gasteiger partial charge on any atom is -0.394 e. The summed E-state index contributed by atoms with van der Waals surface area (Å²) < 4.78 is 23.0. The van der Waals surface area contributed by atoms with Crippen LogP contribution in [0.2, 0.25) is 0 Å². The second-order valence-corrected chi connectivity index (χ2v) is 32.5. The van der Waals surface area contributed by atoms with Gasteiger partial charge in [-0.1, -0.05) is 443 Å². The fourth-order valence-corrected chi connectivity index (χ4v) is 15.6. The van der Waals surface area contributed by atoms with Crippen LogP contribution in [0.1, 0.15) is 457 Å². The lowest BCUT2D eigenvalue weighted by Gasteiger charge is -2.46. The quantitative estimate of drug-likeness (QED) is 0.0204. The van der Waals surface area contributed by atoms with E-state index in [1.807, 2.05) is 6.08 Å². The summed E-state index contributed by atoms with van der Waals surface area (Å²) in [7, 11) is 0. The topological polar surface area (TPSA) is 228 Å². The maximum absolute atomic E-state index is 13.4. The summed E-state index contributed by atoms with van der Waals surface area (Å²) in [4.78, 5) is 13.4. The lowest BCUT2D eigenvalue weighted by molar-refractivity contribution is -0.359. The Morgan fingerprint density at radius 3 is 0.893 bits per heavy atom. The molecule has 103 heavy (non-hydrogen) atoms. The highest BCUT2D eigenvalue weighted by atomic mass is 16.7. The van der Waals surface area contributed by atoms with Crippen LogP contribution in [0.25, 0.3) is 0 Å². The number of hydrogen-bond donors (Lipinski definition) is 9. The van der Waals surface area contributed by atoms with E-state index in [1.165, 1.54) is 392 Å². The first-order chi connectivity index (χ1) is 50.6. The molecule has 12 unspecified atom stereocenters. The summed E-state index contributed by atoms with van der Waals surface area (Å²) in [5, 5.41) is 87.8. The number of allylic oxidation sites excluding steroid dienone is 1. The second-order valence-electron chi connectivity index (χ2n) is 32.5. The van der Waals surface area contributed by atoms with Crippen LogP contribution in [-0.4, -0.2) is 140 Å². The molecule has 612 valence electrons.